The maximum Gasteiger partial charge on any atom is 0.239 e. The third kappa shape index (κ3) is 27.3. The summed E-state index contributed by atoms with van der Waals surface area (Å²) in [5, 5.41) is 37.5. The maximum absolute atomic E-state index is 7.63. The summed E-state index contributed by atoms with van der Waals surface area (Å²) in [6.45, 7) is 96.5. The Balaban J connectivity index is 0.966. The molecule has 0 aliphatic carbocycles. The van der Waals surface area contributed by atoms with Gasteiger partial charge in [-0.3, -0.25) is 39.2 Å². The van der Waals surface area contributed by atoms with Crippen LogP contribution in [-0.2, 0) is 38.3 Å². The van der Waals surface area contributed by atoms with E-state index in [-0.39, 0.29) is 172 Å². The van der Waals surface area contributed by atoms with Crippen molar-refractivity contribution < 1.29 is 38.3 Å². The maximum atomic E-state index is 7.63. The minimum absolute atomic E-state index is 0.0583. The third-order valence-corrected chi connectivity index (χ3v) is 39.3. The lowest BCUT2D eigenvalue weighted by Crippen LogP contribution is -2.64. The molecular weight excluding hydrogens is 1890 g/mol. The fraction of sp³-hybridized carbons (Fsp3) is 0.897. The van der Waals surface area contributed by atoms with Crippen molar-refractivity contribution in [3.63, 3.8) is 0 Å². The van der Waals surface area contributed by atoms with Gasteiger partial charge in [-0.05, 0) is 410 Å². The van der Waals surface area contributed by atoms with Crippen molar-refractivity contribution in [1.82, 2.24) is 112 Å². The van der Waals surface area contributed by atoms with E-state index < -0.39 is 0 Å². The molecule has 10 fully saturated rings. The van der Waals surface area contributed by atoms with Gasteiger partial charge in [0, 0.05) is 238 Å². The van der Waals surface area contributed by atoms with Gasteiger partial charge >= 0.3 is 0 Å². The average molecular weight is 2100 g/mol. The van der Waals surface area contributed by atoms with Gasteiger partial charge in [-0.15, -0.1) is 10.2 Å². The molecule has 14 heterocycles. The van der Waals surface area contributed by atoms with Gasteiger partial charge in [0.2, 0.25) is 23.6 Å². The van der Waals surface area contributed by atoms with Crippen LogP contribution in [0, 0.1) is 0 Å². The molecule has 0 aromatic heterocycles. The topological polar surface area (TPSA) is 247 Å². The molecule has 0 amide bonds. The standard InChI is InChI=1S/C116H216N26O8/c1-97(2)59-79(60-98(3,4)125-97)137(91-57-95(145-83-67-105(17,18)129(43)106(19,20)68-83)123-141(119-91)149-87-75-113(33,34)133(47)114(35,36)76-87)53-51-135(89-55-93(143-81-63-101(9,10)127(41)102(11,12)64-81)121-139(117-89)147-85-71-109(25,26)131(45)110(27,28)72-85)49-50-136(90-56-94(144-82-65-103(13,14)128(42)104(15,16)66-82)122-140(118-90)148-86-73-111(29,30)132(46)112(31,32)74-86)52-54-138(80-61-99(5,6)126-100(7,8)62-80)92-58-96(146-84-69-107(21,22)130(44)108(23,24)70-84)124-142(120-92)150-88-77-115(37,38)134(48)116(39,40)78-88/h55-58,79-88,117-118,123-126H,49-54,59-78H2,1-48H3. The first kappa shape index (κ1) is 119. The lowest BCUT2D eigenvalue weighted by atomic mass is 9.78. The molecule has 10 saturated heterocycles. The van der Waals surface area contributed by atoms with Crippen molar-refractivity contribution in [3.8, 4) is 0 Å². The van der Waals surface area contributed by atoms with E-state index in [1.165, 1.54) is 0 Å². The molecule has 0 spiro atoms. The van der Waals surface area contributed by atoms with Crippen LogP contribution >= 0.6 is 0 Å². The van der Waals surface area contributed by atoms with Crippen LogP contribution in [0.5, 0.6) is 0 Å². The van der Waals surface area contributed by atoms with Crippen molar-refractivity contribution in [3.05, 3.63) is 47.7 Å². The van der Waals surface area contributed by atoms with Gasteiger partial charge in [0.25, 0.3) is 0 Å². The lowest BCUT2D eigenvalue weighted by Gasteiger charge is -2.54. The molecule has 858 valence electrons. The first-order chi connectivity index (χ1) is 68.2. The lowest BCUT2D eigenvalue weighted by molar-refractivity contribution is -0.259. The highest BCUT2D eigenvalue weighted by Crippen LogP contribution is 2.50. The number of amidine groups is 2. The van der Waals surface area contributed by atoms with E-state index in [2.05, 4.69) is 449 Å². The quantitative estimate of drug-likeness (QED) is 0.0447. The van der Waals surface area contributed by atoms with E-state index in [4.69, 9.17) is 58.7 Å². The molecule has 0 atom stereocenters. The molecule has 150 heavy (non-hydrogen) atoms. The number of hydrogen-bond acceptors (Lipinski definition) is 34. The van der Waals surface area contributed by atoms with Crippen LogP contribution in [-0.4, -0.2) is 371 Å². The highest BCUT2D eigenvalue weighted by Gasteiger charge is 2.56. The second-order valence-electron chi connectivity index (χ2n) is 61.3. The van der Waals surface area contributed by atoms with Crippen LogP contribution in [0.25, 0.3) is 0 Å². The number of ether oxygens (including phenoxy) is 4. The van der Waals surface area contributed by atoms with E-state index >= 15 is 0 Å². The summed E-state index contributed by atoms with van der Waals surface area (Å²) in [6.07, 6.45) is 22.8. The fourth-order valence-corrected chi connectivity index (χ4v) is 30.1. The number of hydrazone groups is 4. The Morgan fingerprint density at radius 1 is 0.227 bits per heavy atom. The van der Waals surface area contributed by atoms with E-state index in [1.54, 1.807) is 21.1 Å². The van der Waals surface area contributed by atoms with E-state index in [0.29, 0.717) is 62.8 Å². The molecule has 34 nitrogen and oxygen atoms in total. The smallest absolute Gasteiger partial charge is 0.239 e. The van der Waals surface area contributed by atoms with Crippen LogP contribution in [0.2, 0.25) is 0 Å². The van der Waals surface area contributed by atoms with Crippen molar-refractivity contribution in [2.45, 2.75) is 577 Å². The van der Waals surface area contributed by atoms with Crippen LogP contribution in [0.3, 0.4) is 0 Å². The molecule has 0 aromatic rings. The summed E-state index contributed by atoms with van der Waals surface area (Å²) >= 11 is 0. The van der Waals surface area contributed by atoms with Gasteiger partial charge in [0.05, 0.1) is 24.4 Å². The number of piperidine rings is 10. The third-order valence-electron chi connectivity index (χ3n) is 39.3. The van der Waals surface area contributed by atoms with Crippen LogP contribution in [0.1, 0.15) is 405 Å². The monoisotopic (exact) mass is 2100 g/mol. The van der Waals surface area contributed by atoms with E-state index in [9.17, 15) is 0 Å². The predicted octanol–water partition coefficient (Wildman–Crippen LogP) is 17.7. The van der Waals surface area contributed by atoms with Crippen molar-refractivity contribution >= 4 is 23.5 Å². The molecule has 6 N–H and O–H groups in total. The molecule has 34 heteroatoms. The summed E-state index contributed by atoms with van der Waals surface area (Å²) < 4.78 is 30.4. The number of nitrogens with zero attached hydrogens (tertiary/aromatic N) is 20. The Morgan fingerprint density at radius 3 is 0.613 bits per heavy atom. The Hall–Kier alpha value is -6.12. The molecule has 0 unspecified atom stereocenters. The summed E-state index contributed by atoms with van der Waals surface area (Å²) in [5.74, 6) is 5.14. The highest BCUT2D eigenvalue weighted by atomic mass is 16.8. The zero-order valence-electron chi connectivity index (χ0n) is 104. The summed E-state index contributed by atoms with van der Waals surface area (Å²) in [4.78, 5) is 60.3. The van der Waals surface area contributed by atoms with Gasteiger partial charge in [0.1, 0.15) is 36.1 Å². The van der Waals surface area contributed by atoms with E-state index in [0.717, 1.165) is 152 Å². The molecule has 0 aromatic carbocycles. The molecule has 0 radical (unpaired) electrons. The van der Waals surface area contributed by atoms with Crippen molar-refractivity contribution in [2.24, 2.45) is 20.4 Å². The van der Waals surface area contributed by atoms with Gasteiger partial charge in [-0.25, -0.2) is 41.1 Å². The van der Waals surface area contributed by atoms with E-state index in [1.807, 2.05) is 0 Å². The Morgan fingerprint density at radius 2 is 0.407 bits per heavy atom. The van der Waals surface area contributed by atoms with Gasteiger partial charge < -0.3 is 49.2 Å². The highest BCUT2D eigenvalue weighted by molar-refractivity contribution is 5.94. The number of likely N-dealkylation sites (tertiary alicyclic amines) is 8. The zero-order chi connectivity index (χ0) is 112. The number of hydrazine groups is 4. The van der Waals surface area contributed by atoms with Crippen LogP contribution < -0.4 is 32.3 Å². The van der Waals surface area contributed by atoms with Crippen LogP contribution in [0.4, 0.5) is 0 Å². The first-order valence-corrected chi connectivity index (χ1v) is 57.5. The fourth-order valence-electron chi connectivity index (χ4n) is 30.1. The molecule has 0 bridgehead atoms. The Kier molecular flexibility index (Phi) is 32.9. The SMILES string of the molecule is CN1C(C)(C)CC(OC2=CC(N(CCN(CCN(CCN(C3=NN(OC4CC(C)(C)N(C)C(C)(C)C4)NC(OC4CC(C)(C)N(C)C(C)(C)C4)=C3)C3CC(C)(C)NC(C)(C)C3)C3=CC(OC4CC(C)(C)N(C)C(C)(C)C4)=NN(OC4CC(C)(C)N(C)C(C)(C)C4)N3)C3=CC(OC4CC(C)(C)N(C)C(C)(C)C4)=NN(OC4CC(C)(C)N(C)C(C)(C)C4)N3)C3CC(C)(C)NC(C)(C)C3)=NN(OC3CC(C)(C)N(C)C(C)(C)C3)N2)CC1(C)C. The molecule has 14 aliphatic rings. The number of hydrogen-bond donors (Lipinski definition) is 6. The minimum Gasteiger partial charge on any atom is -0.474 e. The zero-order valence-corrected chi connectivity index (χ0v) is 104. The molecule has 0 saturated carbocycles. The number of rotatable bonds is 27. The van der Waals surface area contributed by atoms with Crippen molar-refractivity contribution in [1.29, 1.82) is 0 Å². The van der Waals surface area contributed by atoms with Gasteiger partial charge in [0.15, 0.2) is 11.7 Å². The van der Waals surface area contributed by atoms with Crippen LogP contribution in [0.15, 0.2) is 68.1 Å². The molecular formula is C116H216N26O8. The minimum atomic E-state index is -0.301. The predicted molar refractivity (Wildman–Crippen MR) is 607 cm³/mol. The first-order valence-electron chi connectivity index (χ1n) is 57.5. The summed E-state index contributed by atoms with van der Waals surface area (Å²) in [5.41, 5.74) is 11.0. The Labute approximate surface area is 909 Å². The number of nitrogens with one attached hydrogen (secondary N) is 6. The van der Waals surface area contributed by atoms with Gasteiger partial charge in [-0.2, -0.15) is 0 Å². The normalized spacial score (nSPS) is 29.4. The second-order valence-corrected chi connectivity index (χ2v) is 61.3. The van der Waals surface area contributed by atoms with Gasteiger partial charge in [-0.1, -0.05) is 31.3 Å². The molecule has 14 aliphatic heterocycles. The largest absolute Gasteiger partial charge is 0.474 e. The Bertz CT molecular complexity index is 4510. The molecule has 14 rings (SSSR count). The second kappa shape index (κ2) is 41.3. The summed E-state index contributed by atoms with van der Waals surface area (Å²) in [6, 6.07) is -0.117. The van der Waals surface area contributed by atoms with Crippen molar-refractivity contribution in [2.75, 3.05) is 95.6 Å². The average Bonchev–Trinajstić information content (AvgIpc) is 0.758. The summed E-state index contributed by atoms with van der Waals surface area (Å²) in [7, 11) is 18.1.